The highest BCUT2D eigenvalue weighted by atomic mass is 32.2. The van der Waals surface area contributed by atoms with Crippen molar-refractivity contribution in [2.75, 3.05) is 24.4 Å². The van der Waals surface area contributed by atoms with Crippen LogP contribution in [-0.4, -0.2) is 30.1 Å². The van der Waals surface area contributed by atoms with E-state index in [0.29, 0.717) is 11.0 Å². The molecule has 1 aromatic rings. The van der Waals surface area contributed by atoms with Gasteiger partial charge in [-0.25, -0.2) is 0 Å². The summed E-state index contributed by atoms with van der Waals surface area (Å²) in [4.78, 5) is 0.395. The Morgan fingerprint density at radius 1 is 1.59 bits per heavy atom. The first-order valence-electron chi connectivity index (χ1n) is 5.31. The van der Waals surface area contributed by atoms with Gasteiger partial charge in [-0.1, -0.05) is 12.2 Å². The minimum atomic E-state index is 0.352. The molecule has 1 atom stereocenters. The van der Waals surface area contributed by atoms with Gasteiger partial charge in [0.05, 0.1) is 7.11 Å². The molecule has 0 aliphatic rings. The van der Waals surface area contributed by atoms with Crippen molar-refractivity contribution < 1.29 is 4.74 Å². The molecule has 0 saturated heterocycles. The zero-order valence-electron chi connectivity index (χ0n) is 10.3. The summed E-state index contributed by atoms with van der Waals surface area (Å²) in [6, 6.07) is 6.02. The second-order valence-electron chi connectivity index (χ2n) is 3.78. The first-order valence-corrected chi connectivity index (χ1v) is 7.12. The highest BCUT2D eigenvalue weighted by Crippen LogP contribution is 2.23. The van der Waals surface area contributed by atoms with E-state index in [-0.39, 0.29) is 0 Å². The molecule has 0 spiro atoms. The summed E-state index contributed by atoms with van der Waals surface area (Å²) in [6.07, 6.45) is 2.08. The number of nitrogens with two attached hydrogens (primary N) is 1. The summed E-state index contributed by atoms with van der Waals surface area (Å²) in [5.74, 6) is 1.82. The molecule has 0 fully saturated rings. The molecule has 0 amide bonds. The fourth-order valence-electron chi connectivity index (χ4n) is 1.54. The van der Waals surface area contributed by atoms with Crippen molar-refractivity contribution in [2.24, 2.45) is 5.73 Å². The monoisotopic (exact) mass is 270 g/mol. The van der Waals surface area contributed by atoms with Crippen LogP contribution in [0.15, 0.2) is 18.2 Å². The van der Waals surface area contributed by atoms with Crippen molar-refractivity contribution in [2.45, 2.75) is 13.0 Å². The lowest BCUT2D eigenvalue weighted by Crippen LogP contribution is -2.21. The number of anilines is 1. The number of thioether (sulfide) groups is 1. The average Bonchev–Trinajstić information content (AvgIpc) is 2.28. The van der Waals surface area contributed by atoms with Gasteiger partial charge in [-0.2, -0.15) is 11.8 Å². The minimum absolute atomic E-state index is 0.352. The average molecular weight is 270 g/mol. The summed E-state index contributed by atoms with van der Waals surface area (Å²) in [7, 11) is 1.64. The molecule has 3 nitrogen and oxygen atoms in total. The maximum absolute atomic E-state index is 5.70. The van der Waals surface area contributed by atoms with E-state index in [1.165, 1.54) is 0 Å². The number of thiocarbonyl (C=S) groups is 1. The first-order chi connectivity index (χ1) is 8.08. The van der Waals surface area contributed by atoms with Crippen molar-refractivity contribution in [1.29, 1.82) is 0 Å². The molecule has 94 valence electrons. The topological polar surface area (TPSA) is 47.3 Å². The Balaban J connectivity index is 2.96. The third kappa shape index (κ3) is 4.09. The summed E-state index contributed by atoms with van der Waals surface area (Å²) < 4.78 is 5.20. The Labute approximate surface area is 112 Å². The number of methoxy groups -OCH3 is 1. The van der Waals surface area contributed by atoms with Gasteiger partial charge in [0.25, 0.3) is 0 Å². The fraction of sp³-hybridized carbons (Fsp3) is 0.417. The molecule has 17 heavy (non-hydrogen) atoms. The molecule has 0 heterocycles. The van der Waals surface area contributed by atoms with Gasteiger partial charge in [0, 0.05) is 29.1 Å². The maximum atomic E-state index is 5.70. The highest BCUT2D eigenvalue weighted by Gasteiger charge is 2.09. The number of benzene rings is 1. The third-order valence-corrected chi connectivity index (χ3v) is 3.36. The van der Waals surface area contributed by atoms with Crippen LogP contribution in [0.5, 0.6) is 5.75 Å². The second kappa shape index (κ2) is 6.71. The summed E-state index contributed by atoms with van der Waals surface area (Å²) in [5, 5.41) is 3.40. The van der Waals surface area contributed by atoms with E-state index >= 15 is 0 Å². The van der Waals surface area contributed by atoms with Crippen LogP contribution in [0.25, 0.3) is 0 Å². The first kappa shape index (κ1) is 14.1. The van der Waals surface area contributed by atoms with Gasteiger partial charge in [-0.3, -0.25) is 0 Å². The zero-order chi connectivity index (χ0) is 12.8. The number of hydrogen-bond acceptors (Lipinski definition) is 4. The van der Waals surface area contributed by atoms with Crippen LogP contribution in [0.4, 0.5) is 5.69 Å². The quantitative estimate of drug-likeness (QED) is 0.778. The zero-order valence-corrected chi connectivity index (χ0v) is 12.0. The van der Waals surface area contributed by atoms with E-state index < -0.39 is 0 Å². The second-order valence-corrected chi connectivity index (χ2v) is 5.13. The largest absolute Gasteiger partial charge is 0.497 e. The number of hydrogen-bond donors (Lipinski definition) is 2. The Hall–Kier alpha value is -0.940. The normalized spacial score (nSPS) is 11.9. The Kier molecular flexibility index (Phi) is 5.58. The van der Waals surface area contributed by atoms with Crippen LogP contribution in [0.2, 0.25) is 0 Å². The number of rotatable bonds is 6. The fourth-order valence-corrected chi connectivity index (χ4v) is 2.30. The van der Waals surface area contributed by atoms with Gasteiger partial charge in [-0.15, -0.1) is 0 Å². The molecular weight excluding hydrogens is 252 g/mol. The molecule has 3 N–H and O–H groups in total. The van der Waals surface area contributed by atoms with Crippen LogP contribution in [0.1, 0.15) is 12.5 Å². The number of ether oxygens (including phenoxy) is 1. The van der Waals surface area contributed by atoms with Crippen LogP contribution in [0, 0.1) is 0 Å². The molecule has 1 aromatic carbocycles. The van der Waals surface area contributed by atoms with E-state index in [0.717, 1.165) is 22.8 Å². The Morgan fingerprint density at radius 2 is 2.29 bits per heavy atom. The summed E-state index contributed by atoms with van der Waals surface area (Å²) in [6.45, 7) is 2.12. The Morgan fingerprint density at radius 3 is 2.82 bits per heavy atom. The molecular formula is C12H18N2OS2. The van der Waals surface area contributed by atoms with Crippen molar-refractivity contribution in [3.8, 4) is 5.75 Å². The van der Waals surface area contributed by atoms with E-state index in [9.17, 15) is 0 Å². The highest BCUT2D eigenvalue weighted by molar-refractivity contribution is 7.98. The maximum Gasteiger partial charge on any atom is 0.120 e. The van der Waals surface area contributed by atoms with E-state index in [4.69, 9.17) is 22.7 Å². The van der Waals surface area contributed by atoms with Gasteiger partial charge in [0.1, 0.15) is 10.7 Å². The van der Waals surface area contributed by atoms with Crippen LogP contribution in [0.3, 0.4) is 0 Å². The summed E-state index contributed by atoms with van der Waals surface area (Å²) >= 11 is 6.83. The summed E-state index contributed by atoms with van der Waals surface area (Å²) in [5.41, 5.74) is 7.49. The molecule has 0 aliphatic heterocycles. The van der Waals surface area contributed by atoms with Crippen molar-refractivity contribution in [3.63, 3.8) is 0 Å². The molecule has 0 saturated carbocycles. The van der Waals surface area contributed by atoms with E-state index in [1.54, 1.807) is 18.9 Å². The predicted molar refractivity (Wildman–Crippen MR) is 80.3 cm³/mol. The van der Waals surface area contributed by atoms with Crippen molar-refractivity contribution in [3.05, 3.63) is 23.8 Å². The van der Waals surface area contributed by atoms with Gasteiger partial charge in [0.15, 0.2) is 0 Å². The van der Waals surface area contributed by atoms with Crippen LogP contribution < -0.4 is 15.8 Å². The molecule has 0 aromatic heterocycles. The molecule has 1 unspecified atom stereocenters. The van der Waals surface area contributed by atoms with Gasteiger partial charge < -0.3 is 15.8 Å². The van der Waals surface area contributed by atoms with Crippen LogP contribution >= 0.6 is 24.0 Å². The molecule has 5 heteroatoms. The van der Waals surface area contributed by atoms with Crippen molar-refractivity contribution in [1.82, 2.24) is 0 Å². The van der Waals surface area contributed by atoms with Crippen LogP contribution in [-0.2, 0) is 0 Å². The molecule has 0 aliphatic carbocycles. The lowest BCUT2D eigenvalue weighted by Gasteiger charge is -2.17. The van der Waals surface area contributed by atoms with Gasteiger partial charge in [0.2, 0.25) is 0 Å². The van der Waals surface area contributed by atoms with Gasteiger partial charge in [-0.05, 0) is 25.3 Å². The van der Waals surface area contributed by atoms with Gasteiger partial charge >= 0.3 is 0 Å². The standard InChI is InChI=1S/C12H18N2OS2/c1-8(7-17-3)14-11-6-9(15-2)4-5-10(11)12(13)16/h4-6,8,14H,7H2,1-3H3,(H2,13,16). The smallest absolute Gasteiger partial charge is 0.120 e. The molecule has 0 bridgehead atoms. The Bertz CT molecular complexity index is 396. The van der Waals surface area contributed by atoms with E-state index in [1.807, 2.05) is 18.2 Å². The van der Waals surface area contributed by atoms with E-state index in [2.05, 4.69) is 18.5 Å². The molecule has 0 radical (unpaired) electrons. The molecule has 1 rings (SSSR count). The predicted octanol–water partition coefficient (Wildman–Crippen LogP) is 2.49. The number of nitrogens with one attached hydrogen (secondary N) is 1. The lowest BCUT2D eigenvalue weighted by molar-refractivity contribution is 0.415. The SMILES string of the molecule is COc1ccc(C(N)=S)c(NC(C)CSC)c1. The lowest BCUT2D eigenvalue weighted by atomic mass is 10.1. The third-order valence-electron chi connectivity index (χ3n) is 2.31. The minimum Gasteiger partial charge on any atom is -0.497 e. The van der Waals surface area contributed by atoms with Crippen molar-refractivity contribution >= 4 is 34.7 Å².